The van der Waals surface area contributed by atoms with Gasteiger partial charge in [-0.05, 0) is 67.8 Å². The van der Waals surface area contributed by atoms with Crippen LogP contribution in [0.15, 0.2) is 102 Å². The number of pyridine rings is 1. The molecule has 0 radical (unpaired) electrons. The van der Waals surface area contributed by atoms with Gasteiger partial charge in [-0.3, -0.25) is 0 Å². The number of rotatable bonds is 4. The van der Waals surface area contributed by atoms with E-state index in [1.165, 1.54) is 60.6 Å². The topological polar surface area (TPSA) is 21.9 Å². The van der Waals surface area contributed by atoms with E-state index in [9.17, 15) is 0 Å². The van der Waals surface area contributed by atoms with Crippen molar-refractivity contribution in [2.24, 2.45) is 0 Å². The maximum atomic E-state index is 6.44. The molecule has 0 N–H and O–H groups in total. The summed E-state index contributed by atoms with van der Waals surface area (Å²) in [7, 11) is 0. The van der Waals surface area contributed by atoms with E-state index in [1.807, 2.05) is 0 Å². The van der Waals surface area contributed by atoms with Crippen molar-refractivity contribution in [3.8, 4) is 16.9 Å². The lowest BCUT2D eigenvalue weighted by atomic mass is 9.59. The van der Waals surface area contributed by atoms with Crippen LogP contribution in [0.1, 0.15) is 58.1 Å². The number of nitrogens with zero attached hydrogens (tertiary/aromatic N) is 2. The normalized spacial score (nSPS) is 17.7. The minimum Gasteiger partial charge on any atom is -0.456 e. The summed E-state index contributed by atoms with van der Waals surface area (Å²) in [4.78, 5) is 0. The lowest BCUT2D eigenvalue weighted by Gasteiger charge is -2.47. The number of aromatic nitrogens is 2. The van der Waals surface area contributed by atoms with Crippen molar-refractivity contribution < 1.29 is 8.98 Å². The van der Waals surface area contributed by atoms with E-state index < -0.39 is 0 Å². The van der Waals surface area contributed by atoms with Crippen LogP contribution in [-0.2, 0) is 11.0 Å². The van der Waals surface area contributed by atoms with E-state index in [-0.39, 0.29) is 11.0 Å². The summed E-state index contributed by atoms with van der Waals surface area (Å²) in [5, 5.41) is 4.86. The van der Waals surface area contributed by atoms with E-state index in [0.717, 1.165) is 30.4 Å². The van der Waals surface area contributed by atoms with Crippen LogP contribution in [-0.4, -0.2) is 4.57 Å². The predicted octanol–water partition coefficient (Wildman–Crippen LogP) is 10.1. The fourth-order valence-corrected chi connectivity index (χ4v) is 8.43. The highest BCUT2D eigenvalue weighted by Gasteiger charge is 2.58. The molecule has 0 saturated heterocycles. The van der Waals surface area contributed by atoms with Gasteiger partial charge in [0.2, 0.25) is 5.69 Å². The number of fused-ring (bicyclic) bond motifs is 9. The van der Waals surface area contributed by atoms with Crippen LogP contribution >= 0.6 is 0 Å². The first-order valence-corrected chi connectivity index (χ1v) is 15.5. The van der Waals surface area contributed by atoms with Gasteiger partial charge in [0, 0.05) is 58.3 Å². The van der Waals surface area contributed by atoms with Gasteiger partial charge in [-0.2, -0.15) is 4.57 Å². The van der Waals surface area contributed by atoms with E-state index in [2.05, 4.69) is 141 Å². The average molecular weight is 550 g/mol. The van der Waals surface area contributed by atoms with Crippen LogP contribution in [0.4, 0.5) is 0 Å². The van der Waals surface area contributed by atoms with E-state index >= 15 is 0 Å². The highest BCUT2D eigenvalue weighted by atomic mass is 16.3. The van der Waals surface area contributed by atoms with Gasteiger partial charge in [-0.25, -0.2) is 0 Å². The van der Waals surface area contributed by atoms with Crippen molar-refractivity contribution in [3.05, 3.63) is 108 Å². The molecule has 0 fully saturated rings. The summed E-state index contributed by atoms with van der Waals surface area (Å²) in [5.41, 5.74) is 10.8. The average Bonchev–Trinajstić information content (AvgIpc) is 3.54. The van der Waals surface area contributed by atoms with Gasteiger partial charge in [0.25, 0.3) is 0 Å². The zero-order chi connectivity index (χ0) is 28.8. The Hall–Kier alpha value is -4.37. The highest BCUT2D eigenvalue weighted by molar-refractivity contribution is 6.17. The second kappa shape index (κ2) is 8.82. The van der Waals surface area contributed by atoms with Crippen molar-refractivity contribution in [1.29, 1.82) is 0 Å². The molecule has 4 heterocycles. The number of benzene rings is 4. The molecule has 1 atom stereocenters. The first-order valence-electron chi connectivity index (χ1n) is 15.5. The Kier molecular flexibility index (Phi) is 5.32. The minimum absolute atomic E-state index is 0.0166. The summed E-state index contributed by atoms with van der Waals surface area (Å²) < 4.78 is 11.5. The smallest absolute Gasteiger partial charge is 0.213 e. The molecule has 42 heavy (non-hydrogen) atoms. The van der Waals surface area contributed by atoms with Gasteiger partial charge in [0.1, 0.15) is 11.2 Å². The zero-order valence-electron chi connectivity index (χ0n) is 25.2. The molecular formula is C39H37N2O+. The molecule has 3 nitrogen and oxygen atoms in total. The molecule has 3 heteroatoms. The fraction of sp³-hybridized carbons (Fsp3) is 0.256. The lowest BCUT2D eigenvalue weighted by Crippen LogP contribution is -2.68. The van der Waals surface area contributed by atoms with Crippen LogP contribution in [0.5, 0.6) is 0 Å². The van der Waals surface area contributed by atoms with Gasteiger partial charge in [0.05, 0.1) is 22.0 Å². The molecule has 1 unspecified atom stereocenters. The standard InChI is InChI=1S/C39H37N2O/c1-6-38(5)32-19-17-26(22-31(32)33-14-11-12-20-40(33)39(38,7-2)8-3)41-34-15-10-9-13-27(34)29-23-30-28-18-16-25(4)21-36(28)42-37(30)24-35(29)41/h9-24H,6-8H2,1-5H3/q+1. The maximum absolute atomic E-state index is 6.44. The third-order valence-corrected chi connectivity index (χ3v) is 10.8. The monoisotopic (exact) mass is 549 g/mol. The Balaban J connectivity index is 1.44. The Morgan fingerprint density at radius 3 is 2.29 bits per heavy atom. The molecule has 0 amide bonds. The number of hydrogen-bond donors (Lipinski definition) is 0. The van der Waals surface area contributed by atoms with Crippen molar-refractivity contribution in [2.75, 3.05) is 0 Å². The van der Waals surface area contributed by atoms with Crippen LogP contribution in [0.25, 0.3) is 60.7 Å². The molecule has 8 rings (SSSR count). The van der Waals surface area contributed by atoms with E-state index in [1.54, 1.807) is 0 Å². The van der Waals surface area contributed by atoms with Crippen LogP contribution < -0.4 is 4.57 Å². The molecule has 1 aliphatic heterocycles. The largest absolute Gasteiger partial charge is 0.456 e. The summed E-state index contributed by atoms with van der Waals surface area (Å²) in [5.74, 6) is 0. The van der Waals surface area contributed by atoms with Gasteiger partial charge in [-0.15, -0.1) is 0 Å². The quantitative estimate of drug-likeness (QED) is 0.200. The van der Waals surface area contributed by atoms with Crippen molar-refractivity contribution in [1.82, 2.24) is 4.57 Å². The number of furan rings is 1. The van der Waals surface area contributed by atoms with Gasteiger partial charge in [0.15, 0.2) is 11.7 Å². The van der Waals surface area contributed by atoms with Crippen molar-refractivity contribution >= 4 is 43.7 Å². The van der Waals surface area contributed by atoms with Crippen molar-refractivity contribution in [2.45, 2.75) is 64.8 Å². The SMILES string of the molecule is CCC1(C)c2ccc(-n3c4ccccc4c4cc5c(cc43)oc3cc(C)ccc35)cc2-c2cccc[n+]2C1(CC)CC. The molecule has 3 aromatic heterocycles. The molecule has 0 aliphatic carbocycles. The zero-order valence-corrected chi connectivity index (χ0v) is 25.2. The minimum atomic E-state index is 0.0166. The van der Waals surface area contributed by atoms with Gasteiger partial charge >= 0.3 is 0 Å². The third kappa shape index (κ3) is 3.09. The molecule has 0 bridgehead atoms. The summed E-state index contributed by atoms with van der Waals surface area (Å²) >= 11 is 0. The maximum Gasteiger partial charge on any atom is 0.213 e. The van der Waals surface area contributed by atoms with Crippen LogP contribution in [0.2, 0.25) is 0 Å². The number of aryl methyl sites for hydroxylation is 1. The molecule has 0 saturated carbocycles. The molecule has 4 aromatic carbocycles. The Morgan fingerprint density at radius 1 is 0.690 bits per heavy atom. The van der Waals surface area contributed by atoms with Gasteiger partial charge in [-0.1, -0.05) is 57.2 Å². The molecule has 208 valence electrons. The second-order valence-corrected chi connectivity index (χ2v) is 12.4. The lowest BCUT2D eigenvalue weighted by molar-refractivity contribution is -0.769. The van der Waals surface area contributed by atoms with Crippen LogP contribution in [0.3, 0.4) is 0 Å². The van der Waals surface area contributed by atoms with Crippen molar-refractivity contribution in [3.63, 3.8) is 0 Å². The summed E-state index contributed by atoms with van der Waals surface area (Å²) in [6.45, 7) is 11.7. The Morgan fingerprint density at radius 2 is 1.48 bits per heavy atom. The van der Waals surface area contributed by atoms with E-state index in [0.29, 0.717) is 0 Å². The first-order chi connectivity index (χ1) is 20.4. The second-order valence-electron chi connectivity index (χ2n) is 12.4. The number of para-hydroxylation sites is 1. The van der Waals surface area contributed by atoms with Crippen LogP contribution in [0, 0.1) is 6.92 Å². The Bertz CT molecular complexity index is 2190. The fourth-order valence-electron chi connectivity index (χ4n) is 8.43. The molecule has 7 aromatic rings. The summed E-state index contributed by atoms with van der Waals surface area (Å²) in [6.07, 6.45) is 5.58. The van der Waals surface area contributed by atoms with E-state index in [4.69, 9.17) is 4.42 Å². The highest BCUT2D eigenvalue weighted by Crippen LogP contribution is 2.51. The molecule has 1 aliphatic rings. The predicted molar refractivity (Wildman–Crippen MR) is 175 cm³/mol. The Labute approximate surface area is 247 Å². The molecular weight excluding hydrogens is 512 g/mol. The molecule has 0 spiro atoms. The third-order valence-electron chi connectivity index (χ3n) is 10.8. The summed E-state index contributed by atoms with van der Waals surface area (Å²) in [6, 6.07) is 33.8. The number of hydrogen-bond acceptors (Lipinski definition) is 1. The first kappa shape index (κ1) is 25.3. The van der Waals surface area contributed by atoms with Gasteiger partial charge < -0.3 is 8.98 Å².